The Balaban J connectivity index is 2.05. The Bertz CT molecular complexity index is 628. The van der Waals surface area contributed by atoms with E-state index in [1.54, 1.807) is 24.3 Å². The van der Waals surface area contributed by atoms with Crippen molar-refractivity contribution >= 4 is 17.9 Å². The number of rotatable bonds is 2. The van der Waals surface area contributed by atoms with Gasteiger partial charge in [-0.1, -0.05) is 30.3 Å². The van der Waals surface area contributed by atoms with Gasteiger partial charge in [-0.15, -0.1) is 0 Å². The molecule has 3 rings (SSSR count). The molecule has 0 unspecified atom stereocenters. The molecule has 22 heavy (non-hydrogen) atoms. The molecule has 1 aromatic rings. The molecule has 116 valence electrons. The van der Waals surface area contributed by atoms with Crippen molar-refractivity contribution in [2.75, 3.05) is 7.11 Å². The topological polar surface area (TPSA) is 78.9 Å². The molecule has 0 radical (unpaired) electrons. The van der Waals surface area contributed by atoms with Gasteiger partial charge in [-0.3, -0.25) is 14.4 Å². The van der Waals surface area contributed by atoms with E-state index in [0.717, 1.165) is 0 Å². The molecule has 1 aliphatic carbocycles. The molecular formula is C16H16O6. The predicted octanol–water partition coefficient (Wildman–Crippen LogP) is 1.40. The minimum absolute atomic E-state index is 0.623. The molecule has 2 fully saturated rings. The number of benzene rings is 1. The van der Waals surface area contributed by atoms with Crippen LogP contribution in [0.25, 0.3) is 0 Å². The van der Waals surface area contributed by atoms with E-state index in [-0.39, 0.29) is 0 Å². The van der Waals surface area contributed by atoms with E-state index in [9.17, 15) is 14.4 Å². The molecule has 0 N–H and O–H groups in total. The molecule has 1 saturated heterocycles. The van der Waals surface area contributed by atoms with Gasteiger partial charge in [-0.2, -0.15) is 0 Å². The van der Waals surface area contributed by atoms with Crippen molar-refractivity contribution in [3.8, 4) is 0 Å². The average Bonchev–Trinajstić information content (AvgIpc) is 3.16. The summed E-state index contributed by atoms with van der Waals surface area (Å²) in [4.78, 5) is 37.0. The Hall–Kier alpha value is -2.37. The summed E-state index contributed by atoms with van der Waals surface area (Å²) < 4.78 is 15.2. The van der Waals surface area contributed by atoms with Crippen molar-refractivity contribution in [3.05, 3.63) is 35.9 Å². The number of hydrogen-bond acceptors (Lipinski definition) is 6. The van der Waals surface area contributed by atoms with Crippen LogP contribution in [-0.2, 0) is 28.6 Å². The standard InChI is InChI=1S/C16H16O6/c1-15(2)21-13(18)16(14(19)22-15)10(11(16)12(17)20-3)9-7-5-4-6-8-9/h4-8,10-11H,1-3H3/t10-,11-/m1/s1. The molecule has 1 aromatic carbocycles. The first-order valence-electron chi connectivity index (χ1n) is 6.94. The summed E-state index contributed by atoms with van der Waals surface area (Å²) in [6.45, 7) is 2.95. The van der Waals surface area contributed by atoms with Crippen molar-refractivity contribution in [3.63, 3.8) is 0 Å². The summed E-state index contributed by atoms with van der Waals surface area (Å²) in [5.74, 6) is -4.98. The van der Waals surface area contributed by atoms with Crippen molar-refractivity contribution in [2.45, 2.75) is 25.6 Å². The van der Waals surface area contributed by atoms with E-state index in [0.29, 0.717) is 5.56 Å². The molecule has 2 aliphatic rings. The lowest BCUT2D eigenvalue weighted by Crippen LogP contribution is -2.49. The summed E-state index contributed by atoms with van der Waals surface area (Å²) >= 11 is 0. The first-order chi connectivity index (χ1) is 10.3. The van der Waals surface area contributed by atoms with Crippen molar-refractivity contribution < 1.29 is 28.6 Å². The van der Waals surface area contributed by atoms with E-state index < -0.39 is 40.9 Å². The molecule has 2 atom stereocenters. The number of hydrogen-bond donors (Lipinski definition) is 0. The normalized spacial score (nSPS) is 27.8. The first-order valence-corrected chi connectivity index (χ1v) is 6.94. The summed E-state index contributed by atoms with van der Waals surface area (Å²) in [6.07, 6.45) is 0. The van der Waals surface area contributed by atoms with Crippen LogP contribution >= 0.6 is 0 Å². The number of carbonyl (C=O) groups is 3. The third-order valence-electron chi connectivity index (χ3n) is 4.17. The zero-order valence-corrected chi connectivity index (χ0v) is 12.5. The maximum absolute atomic E-state index is 12.5. The van der Waals surface area contributed by atoms with Crippen LogP contribution in [0.4, 0.5) is 0 Å². The van der Waals surface area contributed by atoms with Crippen LogP contribution in [0.5, 0.6) is 0 Å². The molecule has 6 heteroatoms. The van der Waals surface area contributed by atoms with Gasteiger partial charge in [0.1, 0.15) is 0 Å². The summed E-state index contributed by atoms with van der Waals surface area (Å²) in [7, 11) is 1.22. The highest BCUT2D eigenvalue weighted by atomic mass is 16.7. The van der Waals surface area contributed by atoms with Gasteiger partial charge in [0.25, 0.3) is 5.79 Å². The summed E-state index contributed by atoms with van der Waals surface area (Å²) in [6, 6.07) is 8.88. The second-order valence-electron chi connectivity index (χ2n) is 5.94. The Labute approximate surface area is 127 Å². The predicted molar refractivity (Wildman–Crippen MR) is 73.4 cm³/mol. The second kappa shape index (κ2) is 4.56. The molecule has 6 nitrogen and oxygen atoms in total. The Kier molecular flexibility index (Phi) is 3.02. The van der Waals surface area contributed by atoms with Crippen LogP contribution in [0.15, 0.2) is 30.3 Å². The third-order valence-corrected chi connectivity index (χ3v) is 4.17. The zero-order valence-electron chi connectivity index (χ0n) is 12.5. The lowest BCUT2D eigenvalue weighted by Gasteiger charge is -2.33. The Morgan fingerprint density at radius 2 is 1.64 bits per heavy atom. The SMILES string of the molecule is COC(=O)[C@H]1[C@@H](c2ccccc2)C12C(=O)OC(C)(C)OC2=O. The number of cyclic esters (lactones) is 2. The lowest BCUT2D eigenvalue weighted by atomic mass is 9.97. The van der Waals surface area contributed by atoms with Gasteiger partial charge in [0.2, 0.25) is 0 Å². The highest BCUT2D eigenvalue weighted by molar-refractivity contribution is 6.12. The van der Waals surface area contributed by atoms with Crippen molar-refractivity contribution in [2.24, 2.45) is 11.3 Å². The van der Waals surface area contributed by atoms with Crippen LogP contribution in [-0.4, -0.2) is 30.8 Å². The van der Waals surface area contributed by atoms with Gasteiger partial charge in [0.15, 0.2) is 5.41 Å². The Morgan fingerprint density at radius 1 is 1.09 bits per heavy atom. The molecule has 0 aromatic heterocycles. The lowest BCUT2D eigenvalue weighted by molar-refractivity contribution is -0.244. The molecule has 1 aliphatic heterocycles. The molecule has 1 heterocycles. The van der Waals surface area contributed by atoms with Gasteiger partial charge < -0.3 is 14.2 Å². The fourth-order valence-corrected chi connectivity index (χ4v) is 3.18. The fourth-order valence-electron chi connectivity index (χ4n) is 3.18. The van der Waals surface area contributed by atoms with E-state index >= 15 is 0 Å². The zero-order chi connectivity index (χ0) is 16.1. The number of esters is 3. The smallest absolute Gasteiger partial charge is 0.328 e. The van der Waals surface area contributed by atoms with Crippen LogP contribution in [0.1, 0.15) is 25.3 Å². The van der Waals surface area contributed by atoms with E-state index in [1.165, 1.54) is 21.0 Å². The average molecular weight is 304 g/mol. The molecule has 0 amide bonds. The summed E-state index contributed by atoms with van der Waals surface area (Å²) in [5, 5.41) is 0. The van der Waals surface area contributed by atoms with Crippen LogP contribution in [0, 0.1) is 11.3 Å². The maximum atomic E-state index is 12.5. The quantitative estimate of drug-likeness (QED) is 0.607. The van der Waals surface area contributed by atoms with E-state index in [1.807, 2.05) is 6.07 Å². The second-order valence-corrected chi connectivity index (χ2v) is 5.94. The minimum Gasteiger partial charge on any atom is -0.469 e. The van der Waals surface area contributed by atoms with Gasteiger partial charge in [0.05, 0.1) is 13.0 Å². The van der Waals surface area contributed by atoms with Gasteiger partial charge in [-0.25, -0.2) is 0 Å². The fraction of sp³-hybridized carbons (Fsp3) is 0.438. The van der Waals surface area contributed by atoms with Crippen LogP contribution in [0.2, 0.25) is 0 Å². The molecule has 0 bridgehead atoms. The third kappa shape index (κ3) is 1.83. The van der Waals surface area contributed by atoms with E-state index in [2.05, 4.69) is 0 Å². The van der Waals surface area contributed by atoms with E-state index in [4.69, 9.17) is 14.2 Å². The highest BCUT2D eigenvalue weighted by Gasteiger charge is 2.82. The number of ether oxygens (including phenoxy) is 3. The largest absolute Gasteiger partial charge is 0.469 e. The maximum Gasteiger partial charge on any atom is 0.328 e. The number of methoxy groups -OCH3 is 1. The molecule has 1 spiro atoms. The summed E-state index contributed by atoms with van der Waals surface area (Å²) in [5.41, 5.74) is -0.934. The molecule has 1 saturated carbocycles. The van der Waals surface area contributed by atoms with Gasteiger partial charge in [-0.05, 0) is 5.56 Å². The minimum atomic E-state index is -1.63. The van der Waals surface area contributed by atoms with Crippen LogP contribution < -0.4 is 0 Å². The Morgan fingerprint density at radius 3 is 2.14 bits per heavy atom. The van der Waals surface area contributed by atoms with Gasteiger partial charge in [0, 0.05) is 19.8 Å². The first kappa shape index (κ1) is 14.6. The van der Waals surface area contributed by atoms with Crippen molar-refractivity contribution in [1.82, 2.24) is 0 Å². The van der Waals surface area contributed by atoms with Gasteiger partial charge >= 0.3 is 17.9 Å². The molecular weight excluding hydrogens is 288 g/mol. The number of carbonyl (C=O) groups excluding carboxylic acids is 3. The monoisotopic (exact) mass is 304 g/mol. The van der Waals surface area contributed by atoms with Crippen molar-refractivity contribution in [1.29, 1.82) is 0 Å². The van der Waals surface area contributed by atoms with Crippen LogP contribution in [0.3, 0.4) is 0 Å². The highest BCUT2D eigenvalue weighted by Crippen LogP contribution is 2.68.